The number of hydrogen-bond donors (Lipinski definition) is 2. The third-order valence-electron chi connectivity index (χ3n) is 4.44. The number of carbonyl (C=O) groups is 2. The first-order valence-corrected chi connectivity index (χ1v) is 10.0. The molecule has 3 rings (SSSR count). The Bertz CT molecular complexity index is 819. The Labute approximate surface area is 172 Å². The van der Waals surface area contributed by atoms with Crippen molar-refractivity contribution in [2.45, 2.75) is 32.0 Å². The molecule has 2 aromatic carbocycles. The van der Waals surface area contributed by atoms with E-state index >= 15 is 0 Å². The largest absolute Gasteiger partial charge is 0.481 e. The van der Waals surface area contributed by atoms with Crippen LogP contribution in [0.5, 0.6) is 5.75 Å². The molecular formula is C21H23BrN2O4. The highest BCUT2D eigenvalue weighted by molar-refractivity contribution is 9.10. The van der Waals surface area contributed by atoms with Crippen molar-refractivity contribution in [3.8, 4) is 5.75 Å². The molecule has 6 nitrogen and oxygen atoms in total. The highest BCUT2D eigenvalue weighted by Gasteiger charge is 2.20. The second kappa shape index (κ2) is 9.71. The number of carbonyl (C=O) groups excluding carboxylic acids is 2. The van der Waals surface area contributed by atoms with Crippen molar-refractivity contribution < 1.29 is 19.1 Å². The van der Waals surface area contributed by atoms with E-state index in [4.69, 9.17) is 9.47 Å². The summed E-state index contributed by atoms with van der Waals surface area (Å²) in [6.07, 6.45) is 1.31. The number of benzene rings is 2. The Hall–Kier alpha value is -2.38. The molecule has 0 aromatic heterocycles. The lowest BCUT2D eigenvalue weighted by atomic mass is 10.1. The van der Waals surface area contributed by atoms with Crippen LogP contribution in [-0.2, 0) is 9.53 Å². The molecule has 0 unspecified atom stereocenters. The van der Waals surface area contributed by atoms with Crippen molar-refractivity contribution in [2.24, 2.45) is 0 Å². The van der Waals surface area contributed by atoms with Crippen LogP contribution >= 0.6 is 15.9 Å². The fourth-order valence-electron chi connectivity index (χ4n) is 2.90. The van der Waals surface area contributed by atoms with Gasteiger partial charge in [-0.3, -0.25) is 9.59 Å². The molecule has 7 heteroatoms. The molecule has 0 bridgehead atoms. The molecule has 1 aliphatic heterocycles. The highest BCUT2D eigenvalue weighted by atomic mass is 79.9. The van der Waals surface area contributed by atoms with Crippen LogP contribution < -0.4 is 15.4 Å². The van der Waals surface area contributed by atoms with Crippen LogP contribution in [0.2, 0.25) is 0 Å². The molecule has 0 saturated carbocycles. The minimum absolute atomic E-state index is 0.0602. The van der Waals surface area contributed by atoms with E-state index in [0.717, 1.165) is 23.9 Å². The van der Waals surface area contributed by atoms with Crippen molar-refractivity contribution in [1.29, 1.82) is 0 Å². The van der Waals surface area contributed by atoms with Gasteiger partial charge in [-0.25, -0.2) is 0 Å². The third kappa shape index (κ3) is 5.56. The molecule has 1 heterocycles. The van der Waals surface area contributed by atoms with E-state index in [1.807, 2.05) is 12.1 Å². The van der Waals surface area contributed by atoms with Gasteiger partial charge in [0.25, 0.3) is 11.8 Å². The average molecular weight is 447 g/mol. The monoisotopic (exact) mass is 446 g/mol. The van der Waals surface area contributed by atoms with Crippen LogP contribution in [0.15, 0.2) is 53.0 Å². The quantitative estimate of drug-likeness (QED) is 0.678. The van der Waals surface area contributed by atoms with Gasteiger partial charge in [-0.1, -0.05) is 28.1 Å². The van der Waals surface area contributed by atoms with Crippen molar-refractivity contribution in [2.75, 3.05) is 18.5 Å². The number of amides is 2. The molecule has 2 aromatic rings. The average Bonchev–Trinajstić information content (AvgIpc) is 3.22. The first kappa shape index (κ1) is 20.4. The molecule has 148 valence electrons. The van der Waals surface area contributed by atoms with Gasteiger partial charge in [-0.2, -0.15) is 0 Å². The normalized spacial score (nSPS) is 17.0. The maximum Gasteiger partial charge on any atom is 0.265 e. The molecule has 28 heavy (non-hydrogen) atoms. The van der Waals surface area contributed by atoms with Gasteiger partial charge in [0, 0.05) is 17.6 Å². The number of ether oxygens (including phenoxy) is 2. The smallest absolute Gasteiger partial charge is 0.265 e. The van der Waals surface area contributed by atoms with E-state index in [0.29, 0.717) is 23.5 Å². The number of rotatable bonds is 7. The fraction of sp³-hybridized carbons (Fsp3) is 0.333. The summed E-state index contributed by atoms with van der Waals surface area (Å²) in [4.78, 5) is 25.1. The van der Waals surface area contributed by atoms with Crippen LogP contribution in [0.3, 0.4) is 0 Å². The van der Waals surface area contributed by atoms with Crippen molar-refractivity contribution in [3.63, 3.8) is 0 Å². The van der Waals surface area contributed by atoms with Gasteiger partial charge in [0.2, 0.25) is 0 Å². The predicted octanol–water partition coefficient (Wildman–Crippen LogP) is 3.76. The summed E-state index contributed by atoms with van der Waals surface area (Å²) in [5.74, 6) is 0.0172. The van der Waals surface area contributed by atoms with E-state index in [-0.39, 0.29) is 17.9 Å². The Morgan fingerprint density at radius 1 is 1.21 bits per heavy atom. The van der Waals surface area contributed by atoms with E-state index in [9.17, 15) is 9.59 Å². The predicted molar refractivity (Wildman–Crippen MR) is 111 cm³/mol. The number of halogens is 1. The van der Waals surface area contributed by atoms with Gasteiger partial charge in [-0.15, -0.1) is 0 Å². The van der Waals surface area contributed by atoms with Crippen LogP contribution in [0.25, 0.3) is 0 Å². The van der Waals surface area contributed by atoms with Gasteiger partial charge in [0.15, 0.2) is 6.10 Å². The Morgan fingerprint density at radius 3 is 2.68 bits per heavy atom. The van der Waals surface area contributed by atoms with Gasteiger partial charge in [-0.05, 0) is 56.2 Å². The second-order valence-electron chi connectivity index (χ2n) is 6.59. The van der Waals surface area contributed by atoms with Crippen LogP contribution in [0.4, 0.5) is 5.69 Å². The summed E-state index contributed by atoms with van der Waals surface area (Å²) in [7, 11) is 0. The molecule has 1 saturated heterocycles. The molecule has 2 atom stereocenters. The molecule has 0 spiro atoms. The van der Waals surface area contributed by atoms with Gasteiger partial charge >= 0.3 is 0 Å². The molecular weight excluding hydrogens is 424 g/mol. The first-order chi connectivity index (χ1) is 13.5. The minimum atomic E-state index is -0.718. The highest BCUT2D eigenvalue weighted by Crippen LogP contribution is 2.19. The van der Waals surface area contributed by atoms with Gasteiger partial charge in [0.1, 0.15) is 5.75 Å². The summed E-state index contributed by atoms with van der Waals surface area (Å²) < 4.78 is 12.1. The SMILES string of the molecule is C[C@@H](Oc1ccc(Br)cc1)C(=O)Nc1ccccc1C(=O)NC[C@H]1CCCO1. The Balaban J connectivity index is 1.60. The number of nitrogens with one attached hydrogen (secondary N) is 2. The molecule has 2 amide bonds. The summed E-state index contributed by atoms with van der Waals surface area (Å²) in [6.45, 7) is 2.87. The molecule has 2 N–H and O–H groups in total. The van der Waals surface area contributed by atoms with Gasteiger partial charge in [0.05, 0.1) is 17.4 Å². The molecule has 1 aliphatic rings. The van der Waals surface area contributed by atoms with Gasteiger partial charge < -0.3 is 20.1 Å². The summed E-state index contributed by atoms with van der Waals surface area (Å²) in [5, 5.41) is 5.66. The van der Waals surface area contributed by atoms with E-state index in [1.54, 1.807) is 43.3 Å². The van der Waals surface area contributed by atoms with Crippen LogP contribution in [0.1, 0.15) is 30.1 Å². The zero-order valence-electron chi connectivity index (χ0n) is 15.6. The van der Waals surface area contributed by atoms with Crippen molar-refractivity contribution in [1.82, 2.24) is 5.32 Å². The lowest BCUT2D eigenvalue weighted by Crippen LogP contribution is -2.34. The number of para-hydroxylation sites is 1. The zero-order valence-corrected chi connectivity index (χ0v) is 17.2. The zero-order chi connectivity index (χ0) is 19.9. The Kier molecular flexibility index (Phi) is 7.06. The van der Waals surface area contributed by atoms with E-state index in [2.05, 4.69) is 26.6 Å². The number of anilines is 1. The van der Waals surface area contributed by atoms with E-state index < -0.39 is 6.10 Å². The maximum absolute atomic E-state index is 12.5. The summed E-state index contributed by atoms with van der Waals surface area (Å²) in [6, 6.07) is 14.2. The van der Waals surface area contributed by atoms with Crippen molar-refractivity contribution in [3.05, 3.63) is 58.6 Å². The molecule has 1 fully saturated rings. The topological polar surface area (TPSA) is 76.7 Å². The fourth-order valence-corrected chi connectivity index (χ4v) is 3.17. The third-order valence-corrected chi connectivity index (χ3v) is 4.97. The lowest BCUT2D eigenvalue weighted by molar-refractivity contribution is -0.122. The molecule has 0 aliphatic carbocycles. The molecule has 0 radical (unpaired) electrons. The van der Waals surface area contributed by atoms with Crippen LogP contribution in [0, 0.1) is 0 Å². The van der Waals surface area contributed by atoms with Crippen molar-refractivity contribution >= 4 is 33.4 Å². The second-order valence-corrected chi connectivity index (χ2v) is 7.51. The minimum Gasteiger partial charge on any atom is -0.481 e. The Morgan fingerprint density at radius 2 is 1.96 bits per heavy atom. The lowest BCUT2D eigenvalue weighted by Gasteiger charge is -2.17. The standard InChI is InChI=1S/C21H23BrN2O4/c1-14(28-16-10-8-15(22)9-11-16)20(25)24-19-7-3-2-6-18(19)21(26)23-13-17-5-4-12-27-17/h2-3,6-11,14,17H,4-5,12-13H2,1H3,(H,23,26)(H,24,25)/t14-,17-/m1/s1. The van der Waals surface area contributed by atoms with Crippen LogP contribution in [-0.4, -0.2) is 37.2 Å². The maximum atomic E-state index is 12.5. The summed E-state index contributed by atoms with van der Waals surface area (Å²) in [5.41, 5.74) is 0.855. The first-order valence-electron chi connectivity index (χ1n) is 9.25. The van der Waals surface area contributed by atoms with E-state index in [1.165, 1.54) is 0 Å². The summed E-state index contributed by atoms with van der Waals surface area (Å²) >= 11 is 3.36. The number of hydrogen-bond acceptors (Lipinski definition) is 4.